The maximum Gasteiger partial charge on any atom is 0.128 e. The van der Waals surface area contributed by atoms with Gasteiger partial charge in [-0.3, -0.25) is 0 Å². The third-order valence-corrected chi connectivity index (χ3v) is 6.98. The van der Waals surface area contributed by atoms with Crippen molar-refractivity contribution in [2.24, 2.45) is 23.7 Å². The van der Waals surface area contributed by atoms with Crippen LogP contribution >= 0.6 is 0 Å². The summed E-state index contributed by atoms with van der Waals surface area (Å²) in [6.45, 7) is 8.28. The van der Waals surface area contributed by atoms with Crippen LogP contribution in [0, 0.1) is 23.7 Å². The van der Waals surface area contributed by atoms with Crippen LogP contribution in [0.3, 0.4) is 0 Å². The lowest BCUT2D eigenvalue weighted by molar-refractivity contribution is -0.414. The molecule has 1 saturated carbocycles. The van der Waals surface area contributed by atoms with Gasteiger partial charge in [0, 0.05) is 6.61 Å². The van der Waals surface area contributed by atoms with E-state index in [-0.39, 0.29) is 11.2 Å². The Balaban J connectivity index is 1.47. The molecule has 1 aromatic carbocycles. The van der Waals surface area contributed by atoms with Crippen molar-refractivity contribution >= 4 is 0 Å². The molecule has 1 spiro atoms. The lowest BCUT2D eigenvalue weighted by Crippen LogP contribution is -2.54. The number of hydrogen-bond acceptors (Lipinski definition) is 3. The minimum atomic E-state index is -0.275. The van der Waals surface area contributed by atoms with E-state index in [0.717, 1.165) is 13.0 Å². The quantitative estimate of drug-likeness (QED) is 0.528. The van der Waals surface area contributed by atoms with E-state index >= 15 is 0 Å². The van der Waals surface area contributed by atoms with Crippen molar-refractivity contribution < 1.29 is 14.5 Å². The molecule has 142 valence electrons. The van der Waals surface area contributed by atoms with Crippen LogP contribution in [0.4, 0.5) is 0 Å². The van der Waals surface area contributed by atoms with E-state index in [4.69, 9.17) is 14.5 Å². The van der Waals surface area contributed by atoms with Gasteiger partial charge in [-0.1, -0.05) is 56.3 Å². The zero-order valence-corrected chi connectivity index (χ0v) is 16.3. The summed E-state index contributed by atoms with van der Waals surface area (Å²) in [5.74, 6) is 2.10. The Morgan fingerprint density at radius 1 is 1.12 bits per heavy atom. The molecule has 6 atom stereocenters. The van der Waals surface area contributed by atoms with E-state index in [1.54, 1.807) is 0 Å². The first-order valence-corrected chi connectivity index (χ1v) is 10.2. The molecule has 2 heterocycles. The smallest absolute Gasteiger partial charge is 0.128 e. The molecule has 2 aliphatic carbocycles. The SMILES string of the molecule is C[C@@H]1CC[C@@H]([C@@H](C)COCc2ccccc2)[C@@]23C=C[C@@](C)(CC[C@@H]12)OO3. The van der Waals surface area contributed by atoms with Crippen LogP contribution in [0.2, 0.25) is 0 Å². The van der Waals surface area contributed by atoms with Gasteiger partial charge in [0.25, 0.3) is 0 Å². The second kappa shape index (κ2) is 7.10. The fourth-order valence-electron chi connectivity index (χ4n) is 5.35. The highest BCUT2D eigenvalue weighted by molar-refractivity contribution is 5.20. The summed E-state index contributed by atoms with van der Waals surface area (Å²) in [6.07, 6.45) is 9.29. The van der Waals surface area contributed by atoms with Crippen molar-refractivity contribution in [3.63, 3.8) is 0 Å². The molecule has 0 N–H and O–H groups in total. The Morgan fingerprint density at radius 2 is 1.92 bits per heavy atom. The molecular weight excluding hydrogens is 324 g/mol. The zero-order chi connectivity index (χ0) is 18.2. The molecule has 0 unspecified atom stereocenters. The Morgan fingerprint density at radius 3 is 2.65 bits per heavy atom. The topological polar surface area (TPSA) is 27.7 Å². The van der Waals surface area contributed by atoms with Gasteiger partial charge in [0.1, 0.15) is 11.2 Å². The van der Waals surface area contributed by atoms with Crippen molar-refractivity contribution in [3.05, 3.63) is 48.0 Å². The van der Waals surface area contributed by atoms with Crippen LogP contribution in [0.1, 0.15) is 52.0 Å². The molecule has 26 heavy (non-hydrogen) atoms. The number of fused-ring (bicyclic) bond motifs is 2. The Labute approximate surface area is 157 Å². The highest BCUT2D eigenvalue weighted by Crippen LogP contribution is 2.55. The Bertz CT molecular complexity index is 642. The summed E-state index contributed by atoms with van der Waals surface area (Å²) in [6, 6.07) is 10.4. The van der Waals surface area contributed by atoms with E-state index in [1.165, 1.54) is 24.8 Å². The lowest BCUT2D eigenvalue weighted by atomic mass is 9.60. The second-order valence-corrected chi connectivity index (χ2v) is 8.95. The molecule has 1 aromatic rings. The van der Waals surface area contributed by atoms with Gasteiger partial charge in [0.2, 0.25) is 0 Å². The first-order valence-electron chi connectivity index (χ1n) is 10.2. The molecule has 2 aliphatic heterocycles. The van der Waals surface area contributed by atoms with Gasteiger partial charge in [-0.05, 0) is 61.8 Å². The maximum absolute atomic E-state index is 6.22. The van der Waals surface area contributed by atoms with Crippen molar-refractivity contribution in [2.75, 3.05) is 6.61 Å². The first-order chi connectivity index (χ1) is 12.5. The highest BCUT2D eigenvalue weighted by atomic mass is 17.2. The first kappa shape index (κ1) is 18.2. The van der Waals surface area contributed by atoms with Crippen molar-refractivity contribution in [1.82, 2.24) is 0 Å². The minimum Gasteiger partial charge on any atom is -0.376 e. The monoisotopic (exact) mass is 356 g/mol. The summed E-state index contributed by atoms with van der Waals surface area (Å²) in [7, 11) is 0. The van der Waals surface area contributed by atoms with Crippen molar-refractivity contribution in [2.45, 2.75) is 64.3 Å². The number of ether oxygens (including phenoxy) is 1. The van der Waals surface area contributed by atoms with Crippen molar-refractivity contribution in [3.8, 4) is 0 Å². The predicted octanol–water partition coefficient (Wildman–Crippen LogP) is 5.31. The average Bonchev–Trinajstić information content (AvgIpc) is 2.90. The summed E-state index contributed by atoms with van der Waals surface area (Å²) < 4.78 is 6.07. The van der Waals surface area contributed by atoms with Gasteiger partial charge < -0.3 is 4.74 Å². The van der Waals surface area contributed by atoms with Crippen LogP contribution in [-0.4, -0.2) is 17.8 Å². The Kier molecular flexibility index (Phi) is 4.98. The fraction of sp³-hybridized carbons (Fsp3) is 0.652. The molecule has 0 aromatic heterocycles. The molecule has 0 amide bonds. The normalized spacial score (nSPS) is 40.0. The summed E-state index contributed by atoms with van der Waals surface area (Å²) in [5, 5.41) is 0. The van der Waals surface area contributed by atoms with Crippen LogP contribution in [0.15, 0.2) is 42.5 Å². The summed E-state index contributed by atoms with van der Waals surface area (Å²) in [5.41, 5.74) is 0.707. The van der Waals surface area contributed by atoms with Gasteiger partial charge in [-0.2, -0.15) is 0 Å². The summed E-state index contributed by atoms with van der Waals surface area (Å²) in [4.78, 5) is 12.1. The largest absolute Gasteiger partial charge is 0.376 e. The van der Waals surface area contributed by atoms with E-state index in [1.807, 2.05) is 6.07 Å². The molecule has 1 saturated heterocycles. The lowest BCUT2D eigenvalue weighted by Gasteiger charge is -2.51. The summed E-state index contributed by atoms with van der Waals surface area (Å²) >= 11 is 0. The third kappa shape index (κ3) is 3.26. The molecule has 2 fully saturated rings. The standard InChI is InChI=1S/C23H32O3/c1-17-9-10-20(18(2)15-24-16-19-7-5-4-6-8-19)23-14-13-22(3,25-26-23)12-11-21(17)23/h4-8,13-14,17-18,20-21H,9-12,15-16H2,1-3H3/t17-,18+,20+,21+,22-,23+/m1/s1. The van der Waals surface area contributed by atoms with E-state index in [0.29, 0.717) is 30.3 Å². The van der Waals surface area contributed by atoms with Gasteiger partial charge in [0.15, 0.2) is 0 Å². The predicted molar refractivity (Wildman–Crippen MR) is 102 cm³/mol. The molecular formula is C23H32O3. The van der Waals surface area contributed by atoms with Crippen molar-refractivity contribution in [1.29, 1.82) is 0 Å². The van der Waals surface area contributed by atoms with Crippen LogP contribution < -0.4 is 0 Å². The molecule has 0 radical (unpaired) electrons. The van der Waals surface area contributed by atoms with E-state index in [2.05, 4.69) is 57.2 Å². The third-order valence-electron chi connectivity index (χ3n) is 6.98. The highest BCUT2D eigenvalue weighted by Gasteiger charge is 2.57. The van der Waals surface area contributed by atoms with Crippen LogP contribution in [0.5, 0.6) is 0 Å². The molecule has 4 aliphatic rings. The van der Waals surface area contributed by atoms with Gasteiger partial charge in [-0.15, -0.1) is 0 Å². The number of benzene rings is 1. The fourth-order valence-corrected chi connectivity index (χ4v) is 5.35. The number of rotatable bonds is 5. The minimum absolute atomic E-state index is 0.250. The number of hydrogen-bond donors (Lipinski definition) is 0. The molecule has 2 bridgehead atoms. The van der Waals surface area contributed by atoms with E-state index < -0.39 is 0 Å². The van der Waals surface area contributed by atoms with Gasteiger partial charge in [0.05, 0.1) is 6.61 Å². The van der Waals surface area contributed by atoms with Crippen LogP contribution in [0.25, 0.3) is 0 Å². The Hall–Kier alpha value is -1.16. The van der Waals surface area contributed by atoms with Crippen LogP contribution in [-0.2, 0) is 21.1 Å². The zero-order valence-electron chi connectivity index (χ0n) is 16.3. The second-order valence-electron chi connectivity index (χ2n) is 8.95. The average molecular weight is 357 g/mol. The molecule has 3 heteroatoms. The van der Waals surface area contributed by atoms with Gasteiger partial charge >= 0.3 is 0 Å². The van der Waals surface area contributed by atoms with Gasteiger partial charge in [-0.25, -0.2) is 9.78 Å². The molecule has 3 nitrogen and oxygen atoms in total. The maximum atomic E-state index is 6.22. The molecule has 5 rings (SSSR count). The van der Waals surface area contributed by atoms with E-state index in [9.17, 15) is 0 Å².